The molecule has 0 bridgehead atoms. The van der Waals surface area contributed by atoms with Crippen molar-refractivity contribution in [2.24, 2.45) is 11.7 Å². The number of nitro groups is 2. The predicted octanol–water partition coefficient (Wildman–Crippen LogP) is 4.90. The molecular weight excluding hydrogens is 668 g/mol. The van der Waals surface area contributed by atoms with Gasteiger partial charge in [0.1, 0.15) is 18.0 Å². The molecule has 4 N–H and O–H groups in total. The first kappa shape index (κ1) is 39.4. The van der Waals surface area contributed by atoms with Crippen LogP contribution in [0.2, 0.25) is 0 Å². The van der Waals surface area contributed by atoms with Crippen molar-refractivity contribution in [3.8, 4) is 23.3 Å². The number of carbonyl (C=O) groups is 3. The van der Waals surface area contributed by atoms with Crippen molar-refractivity contribution < 1.29 is 43.2 Å². The summed E-state index contributed by atoms with van der Waals surface area (Å²) in [5, 5.41) is 29.4. The lowest BCUT2D eigenvalue weighted by Crippen LogP contribution is -2.42. The molecule has 1 heterocycles. The van der Waals surface area contributed by atoms with Crippen LogP contribution in [0.5, 0.6) is 11.5 Å². The van der Waals surface area contributed by atoms with Crippen molar-refractivity contribution in [2.75, 3.05) is 57.6 Å². The normalized spacial score (nSPS) is 14.1. The second-order valence-electron chi connectivity index (χ2n) is 12.3. The van der Waals surface area contributed by atoms with Crippen LogP contribution in [-0.4, -0.2) is 85.3 Å². The second kappa shape index (κ2) is 18.1. The standard InChI is InChI=1S/C34H42N6O11/c1-34(2,3)51-33(43)38-15-10-12-22(21-38)11-6-9-16-50-28-19-23(31(35)41)17-25(39(44)45)30(28)37-14-8-7-13-36-29-26(40(46)47)18-24(32(42)49-5)20-27(29)48-4/h7-8,17-20,22,36-37H,10-16,21H2,1-5H3,(H2,35,41)/b8-7+. The summed E-state index contributed by atoms with van der Waals surface area (Å²) in [7, 11) is 2.45. The molecule has 1 aliphatic heterocycles. The van der Waals surface area contributed by atoms with E-state index in [-0.39, 0.29) is 65.7 Å². The van der Waals surface area contributed by atoms with Crippen LogP contribution in [0, 0.1) is 38.0 Å². The Morgan fingerprint density at radius 2 is 1.55 bits per heavy atom. The number of likely N-dealkylation sites (tertiary alicyclic amines) is 1. The Bertz CT molecular complexity index is 1730. The fourth-order valence-electron chi connectivity index (χ4n) is 5.09. The molecule has 51 heavy (non-hydrogen) atoms. The molecule has 0 radical (unpaired) electrons. The maximum atomic E-state index is 12.5. The molecule has 2 aromatic carbocycles. The number of nitrogens with one attached hydrogen (secondary N) is 2. The number of esters is 1. The maximum absolute atomic E-state index is 12.5. The van der Waals surface area contributed by atoms with E-state index < -0.39 is 38.7 Å². The molecule has 1 aliphatic rings. The first-order valence-corrected chi connectivity index (χ1v) is 15.9. The molecule has 2 aromatic rings. The van der Waals surface area contributed by atoms with Gasteiger partial charge in [0.2, 0.25) is 5.91 Å². The van der Waals surface area contributed by atoms with Gasteiger partial charge in [-0.15, -0.1) is 0 Å². The zero-order chi connectivity index (χ0) is 37.7. The summed E-state index contributed by atoms with van der Waals surface area (Å²) in [5.41, 5.74) is 3.80. The highest BCUT2D eigenvalue weighted by Crippen LogP contribution is 2.37. The van der Waals surface area contributed by atoms with Crippen LogP contribution < -0.4 is 25.8 Å². The minimum absolute atomic E-state index is 0.0135. The first-order chi connectivity index (χ1) is 24.1. The molecule has 0 aromatic heterocycles. The number of hydrogen-bond acceptors (Lipinski definition) is 13. The highest BCUT2D eigenvalue weighted by Gasteiger charge is 2.28. The van der Waals surface area contributed by atoms with E-state index in [0.717, 1.165) is 32.1 Å². The zero-order valence-electron chi connectivity index (χ0n) is 29.1. The van der Waals surface area contributed by atoms with E-state index in [4.69, 9.17) is 19.9 Å². The third-order valence-electron chi connectivity index (χ3n) is 7.43. The quantitative estimate of drug-likeness (QED) is 0.0780. The molecule has 17 nitrogen and oxygen atoms in total. The van der Waals surface area contributed by atoms with Crippen LogP contribution in [0.25, 0.3) is 0 Å². The van der Waals surface area contributed by atoms with Gasteiger partial charge in [0.15, 0.2) is 17.1 Å². The van der Waals surface area contributed by atoms with Gasteiger partial charge < -0.3 is 40.2 Å². The minimum Gasteiger partial charge on any atom is -0.494 e. The number of nitrogens with zero attached hydrogens (tertiary/aromatic N) is 3. The smallest absolute Gasteiger partial charge is 0.410 e. The number of hydrogen-bond donors (Lipinski definition) is 3. The Hall–Kier alpha value is -6.05. The largest absolute Gasteiger partial charge is 0.494 e. The molecule has 1 atom stereocenters. The van der Waals surface area contributed by atoms with E-state index in [1.807, 2.05) is 20.8 Å². The van der Waals surface area contributed by atoms with Crippen LogP contribution in [0.15, 0.2) is 36.4 Å². The average molecular weight is 711 g/mol. The molecule has 1 unspecified atom stereocenters. The number of amides is 2. The van der Waals surface area contributed by atoms with Crippen LogP contribution in [0.3, 0.4) is 0 Å². The molecule has 0 aliphatic carbocycles. The summed E-state index contributed by atoms with van der Waals surface area (Å²) >= 11 is 0. The third kappa shape index (κ3) is 11.5. The highest BCUT2D eigenvalue weighted by atomic mass is 16.6. The molecule has 274 valence electrons. The van der Waals surface area contributed by atoms with Crippen LogP contribution in [0.1, 0.15) is 60.7 Å². The number of ether oxygens (including phenoxy) is 4. The number of nitro benzene ring substituents is 2. The SMILES string of the molecule is COC(=O)c1cc(OC)c(NC/C=C/CNc2c(OCC#CCC3CCCN(C(=O)OC(C)(C)C)C3)cc(C(N)=O)cc2[N+](=O)[O-])c([N+](=O)[O-])c1. The Morgan fingerprint density at radius 3 is 2.10 bits per heavy atom. The monoisotopic (exact) mass is 710 g/mol. The molecule has 2 amide bonds. The maximum Gasteiger partial charge on any atom is 0.410 e. The number of carbonyl (C=O) groups excluding carboxylic acids is 3. The van der Waals surface area contributed by atoms with Crippen molar-refractivity contribution in [1.29, 1.82) is 0 Å². The summed E-state index contributed by atoms with van der Waals surface area (Å²) in [6.45, 7) is 6.55. The lowest BCUT2D eigenvalue weighted by atomic mass is 9.95. The molecule has 0 spiro atoms. The highest BCUT2D eigenvalue weighted by molar-refractivity contribution is 5.96. The van der Waals surface area contributed by atoms with Gasteiger partial charge in [-0.25, -0.2) is 9.59 Å². The number of benzene rings is 2. The van der Waals surface area contributed by atoms with E-state index in [9.17, 15) is 34.6 Å². The summed E-state index contributed by atoms with van der Waals surface area (Å²) in [6.07, 6.45) is 5.07. The molecule has 17 heteroatoms. The summed E-state index contributed by atoms with van der Waals surface area (Å²) < 4.78 is 21.1. The molecular formula is C34H42N6O11. The van der Waals surface area contributed by atoms with Gasteiger partial charge in [0, 0.05) is 50.3 Å². The van der Waals surface area contributed by atoms with Gasteiger partial charge in [-0.3, -0.25) is 25.0 Å². The Labute approximate surface area is 294 Å². The van der Waals surface area contributed by atoms with Gasteiger partial charge in [-0.1, -0.05) is 24.0 Å². The summed E-state index contributed by atoms with van der Waals surface area (Å²) in [4.78, 5) is 60.3. The van der Waals surface area contributed by atoms with Crippen molar-refractivity contribution >= 4 is 40.7 Å². The fraction of sp³-hybridized carbons (Fsp3) is 0.441. The number of nitrogens with two attached hydrogens (primary N) is 1. The summed E-state index contributed by atoms with van der Waals surface area (Å²) in [6, 6.07) is 4.70. The van der Waals surface area contributed by atoms with E-state index in [1.54, 1.807) is 17.1 Å². The molecule has 3 rings (SSSR count). The number of primary amides is 1. The van der Waals surface area contributed by atoms with Crippen molar-refractivity contribution in [3.63, 3.8) is 0 Å². The van der Waals surface area contributed by atoms with Crippen molar-refractivity contribution in [1.82, 2.24) is 4.90 Å². The number of rotatable bonds is 14. The Balaban J connectivity index is 1.68. The number of anilines is 2. The average Bonchev–Trinajstić information content (AvgIpc) is 3.08. The van der Waals surface area contributed by atoms with Crippen molar-refractivity contribution in [3.05, 3.63) is 67.8 Å². The van der Waals surface area contributed by atoms with Crippen LogP contribution in [0.4, 0.5) is 27.5 Å². The number of methoxy groups -OCH3 is 2. The topological polar surface area (TPSA) is 228 Å². The number of piperidine rings is 1. The third-order valence-corrected chi connectivity index (χ3v) is 7.43. The van der Waals surface area contributed by atoms with E-state index in [1.165, 1.54) is 19.2 Å². The van der Waals surface area contributed by atoms with Crippen LogP contribution in [-0.2, 0) is 9.47 Å². The van der Waals surface area contributed by atoms with Crippen molar-refractivity contribution in [2.45, 2.75) is 45.6 Å². The lowest BCUT2D eigenvalue weighted by molar-refractivity contribution is -0.384. The Morgan fingerprint density at radius 1 is 0.961 bits per heavy atom. The fourth-order valence-corrected chi connectivity index (χ4v) is 5.09. The zero-order valence-corrected chi connectivity index (χ0v) is 29.1. The first-order valence-electron chi connectivity index (χ1n) is 15.9. The lowest BCUT2D eigenvalue weighted by Gasteiger charge is -2.33. The summed E-state index contributed by atoms with van der Waals surface area (Å²) in [5.74, 6) is 4.46. The van der Waals surface area contributed by atoms with Gasteiger partial charge >= 0.3 is 12.1 Å². The van der Waals surface area contributed by atoms with Crippen LogP contribution >= 0.6 is 0 Å². The molecule has 1 fully saturated rings. The molecule has 0 saturated carbocycles. The van der Waals surface area contributed by atoms with Gasteiger partial charge in [-0.2, -0.15) is 0 Å². The predicted molar refractivity (Wildman–Crippen MR) is 187 cm³/mol. The molecule has 1 saturated heterocycles. The van der Waals surface area contributed by atoms with Gasteiger partial charge in [-0.05, 0) is 51.7 Å². The van der Waals surface area contributed by atoms with E-state index >= 15 is 0 Å². The van der Waals surface area contributed by atoms with E-state index in [2.05, 4.69) is 27.2 Å². The minimum atomic E-state index is -0.887. The van der Waals surface area contributed by atoms with E-state index in [0.29, 0.717) is 19.5 Å². The second-order valence-corrected chi connectivity index (χ2v) is 12.3. The van der Waals surface area contributed by atoms with Gasteiger partial charge in [0.05, 0.1) is 29.6 Å². The van der Waals surface area contributed by atoms with Gasteiger partial charge in [0.25, 0.3) is 11.4 Å². The Kier molecular flexibility index (Phi) is 14.0.